The molecule has 0 heterocycles. The van der Waals surface area contributed by atoms with E-state index in [1.807, 2.05) is 12.1 Å². The van der Waals surface area contributed by atoms with Gasteiger partial charge in [-0.15, -0.1) is 0 Å². The Morgan fingerprint density at radius 1 is 0.141 bits per heavy atom. The van der Waals surface area contributed by atoms with Crippen LogP contribution in [0.25, 0.3) is 44.5 Å². The summed E-state index contributed by atoms with van der Waals surface area (Å²) in [6.45, 7) is 34.3. The molecule has 0 spiro atoms. The molecule has 0 atom stereocenters. The van der Waals surface area contributed by atoms with E-state index in [2.05, 4.69) is 146 Å². The average Bonchev–Trinajstić information content (AvgIpc) is 0.794. The number of ether oxygens (including phenoxy) is 14. The molecule has 0 aromatic heterocycles. The van der Waals surface area contributed by atoms with Gasteiger partial charge in [0.2, 0.25) is 0 Å². The van der Waals surface area contributed by atoms with Gasteiger partial charge in [-0.2, -0.15) is 0 Å². The van der Waals surface area contributed by atoms with Gasteiger partial charge in [0.25, 0.3) is 0 Å². The number of unbranched alkanes of at least 4 members (excludes halogenated alkanes) is 56. The van der Waals surface area contributed by atoms with E-state index in [-0.39, 0.29) is 41.3 Å². The summed E-state index contributed by atoms with van der Waals surface area (Å²) in [6.07, 6.45) is 81.6. The molecule has 5 aromatic carbocycles. The summed E-state index contributed by atoms with van der Waals surface area (Å²) in [7, 11) is 0. The van der Waals surface area contributed by atoms with Crippen LogP contribution in [0.3, 0.4) is 0 Å². The molecule has 0 bridgehead atoms. The summed E-state index contributed by atoms with van der Waals surface area (Å²) in [5.74, 6) is 2.16. The van der Waals surface area contributed by atoms with Gasteiger partial charge in [-0.05, 0) is 150 Å². The maximum absolute atomic E-state index is 10.2. The molecule has 0 saturated heterocycles. The van der Waals surface area contributed by atoms with Crippen LogP contribution < -0.4 is 9.47 Å². The van der Waals surface area contributed by atoms with Crippen molar-refractivity contribution < 1.29 is 71.4 Å². The van der Waals surface area contributed by atoms with Crippen LogP contribution in [-0.2, 0) is 56.8 Å². The summed E-state index contributed by atoms with van der Waals surface area (Å²) < 4.78 is 93.0. The standard InChI is InChI=1S/C134H230O15/c1-9-17-25-33-41-49-57-65-89-136-100-118(101-137-90-66-58-50-42-34-26-18-10-2)108-144-112-122(113-145-109-119(102-138-91-67-59-51-43-35-27-19-11-3)103-139-92-68-60-52-44-36-28-20-12-4)116-148-133-85-79-127(80-86-133)130-97-129(126-75-73-124(74-76-126)125-77-83-132(135)84-78-125)98-131(99-130)128-81-87-134(88-82-128)149-117-123(114-146-110-120(104-140-93-69-61-53-45-37-29-21-13-5)105-141-94-70-62-54-46-38-30-22-14-6)115-147-111-121(106-142-95-71-63-55-47-39-31-23-15-7)107-143-96-72-64-56-48-40-32-24-16-8/h73-88,97-99,118-123,135H,9-72,89-96,100-117H2,1-8H3. The fourth-order valence-corrected chi connectivity index (χ4v) is 19.7. The highest BCUT2D eigenvalue weighted by molar-refractivity contribution is 5.82. The molecular formula is C134H230O15. The smallest absolute Gasteiger partial charge is 0.119 e. The molecule has 149 heavy (non-hydrogen) atoms. The largest absolute Gasteiger partial charge is 0.508 e. The van der Waals surface area contributed by atoms with Crippen molar-refractivity contribution in [1.82, 2.24) is 0 Å². The minimum absolute atomic E-state index is 0.0602. The molecule has 0 aliphatic heterocycles. The molecule has 1 N–H and O–H groups in total. The molecular weight excluding hydrogens is 1850 g/mol. The molecule has 15 nitrogen and oxygen atoms in total. The molecule has 0 amide bonds. The highest BCUT2D eigenvalue weighted by atomic mass is 16.5. The number of aromatic hydroxyl groups is 1. The second kappa shape index (κ2) is 101. The molecule has 0 fully saturated rings. The van der Waals surface area contributed by atoms with Crippen LogP contribution in [0.2, 0.25) is 0 Å². The zero-order valence-corrected chi connectivity index (χ0v) is 97.7. The van der Waals surface area contributed by atoms with Gasteiger partial charge in [0.05, 0.1) is 119 Å². The third-order valence-corrected chi connectivity index (χ3v) is 29.5. The van der Waals surface area contributed by atoms with E-state index in [1.165, 1.54) is 360 Å². The van der Waals surface area contributed by atoms with Crippen molar-refractivity contribution in [1.29, 1.82) is 0 Å². The maximum Gasteiger partial charge on any atom is 0.119 e. The fourth-order valence-electron chi connectivity index (χ4n) is 19.7. The van der Waals surface area contributed by atoms with Crippen LogP contribution >= 0.6 is 0 Å². The van der Waals surface area contributed by atoms with Crippen molar-refractivity contribution in [3.8, 4) is 61.8 Å². The summed E-state index contributed by atoms with van der Waals surface area (Å²) in [5.41, 5.74) is 8.66. The average molecular weight is 2080 g/mol. The van der Waals surface area contributed by atoms with Crippen LogP contribution in [-0.4, -0.2) is 177 Å². The molecule has 0 aliphatic carbocycles. The van der Waals surface area contributed by atoms with Crippen molar-refractivity contribution in [2.75, 3.05) is 172 Å². The van der Waals surface area contributed by atoms with Gasteiger partial charge in [-0.25, -0.2) is 0 Å². The van der Waals surface area contributed by atoms with Gasteiger partial charge < -0.3 is 71.4 Å². The third kappa shape index (κ3) is 76.3. The monoisotopic (exact) mass is 2080 g/mol. The Morgan fingerprint density at radius 3 is 0.436 bits per heavy atom. The lowest BCUT2D eigenvalue weighted by atomic mass is 9.92. The van der Waals surface area contributed by atoms with Crippen LogP contribution in [0, 0.1) is 35.5 Å². The van der Waals surface area contributed by atoms with Crippen molar-refractivity contribution in [2.24, 2.45) is 35.5 Å². The Labute approximate surface area is 916 Å². The highest BCUT2D eigenvalue weighted by Gasteiger charge is 2.23. The number of hydrogen-bond acceptors (Lipinski definition) is 15. The second-order valence-corrected chi connectivity index (χ2v) is 44.3. The number of phenolic OH excluding ortho intramolecular Hbond substituents is 1. The van der Waals surface area contributed by atoms with Gasteiger partial charge in [0.1, 0.15) is 17.2 Å². The van der Waals surface area contributed by atoms with Gasteiger partial charge >= 0.3 is 0 Å². The van der Waals surface area contributed by atoms with Crippen molar-refractivity contribution in [3.05, 3.63) is 115 Å². The quantitative estimate of drug-likeness (QED) is 0.0368. The van der Waals surface area contributed by atoms with Gasteiger partial charge in [-0.3, -0.25) is 0 Å². The zero-order valence-electron chi connectivity index (χ0n) is 97.7. The molecule has 0 aliphatic rings. The molecule has 5 rings (SSSR count). The first-order chi connectivity index (χ1) is 73.7. The predicted octanol–water partition coefficient (Wildman–Crippen LogP) is 37.8. The first-order valence-corrected chi connectivity index (χ1v) is 63.2. The van der Waals surface area contributed by atoms with E-state index in [0.29, 0.717) is 119 Å². The predicted molar refractivity (Wildman–Crippen MR) is 632 cm³/mol. The fraction of sp³-hybridized carbons (Fsp3) is 0.776. The van der Waals surface area contributed by atoms with Crippen LogP contribution in [0.1, 0.15) is 466 Å². The van der Waals surface area contributed by atoms with Crippen molar-refractivity contribution >= 4 is 0 Å². The van der Waals surface area contributed by atoms with E-state index in [4.69, 9.17) is 66.3 Å². The molecule has 0 radical (unpaired) electrons. The van der Waals surface area contributed by atoms with Crippen molar-refractivity contribution in [3.63, 3.8) is 0 Å². The summed E-state index contributed by atoms with van der Waals surface area (Å²) in [6, 6.07) is 40.4. The number of hydrogen-bond donors (Lipinski definition) is 1. The van der Waals surface area contributed by atoms with Gasteiger partial charge in [-0.1, -0.05) is 476 Å². The summed E-state index contributed by atoms with van der Waals surface area (Å²) in [4.78, 5) is 0. The minimum Gasteiger partial charge on any atom is -0.508 e. The maximum atomic E-state index is 10.2. The zero-order chi connectivity index (χ0) is 106. The van der Waals surface area contributed by atoms with Gasteiger partial charge in [0.15, 0.2) is 0 Å². The first kappa shape index (κ1) is 134. The van der Waals surface area contributed by atoms with E-state index < -0.39 is 0 Å². The summed E-state index contributed by atoms with van der Waals surface area (Å²) >= 11 is 0. The third-order valence-electron chi connectivity index (χ3n) is 29.5. The number of rotatable bonds is 114. The SMILES string of the molecule is CCCCCCCCCCOCC(COCCCCCCCCCC)COCC(COCC(COCCCCCCCCCC)COCCCCCCCCCC)COc1ccc(-c2cc(-c3ccc(OCC(COCC(COCCCCCCCCCC)COCCCCCCCCCC)COCC(COCCCCCCCCCC)COCCCCCCCCCC)cc3)cc(-c3ccc(-c4ccc(O)cc4)cc3)c2)cc1. The van der Waals surface area contributed by atoms with Crippen molar-refractivity contribution in [2.45, 2.75) is 466 Å². The minimum atomic E-state index is -0.0602. The van der Waals surface area contributed by atoms with E-state index in [1.54, 1.807) is 12.1 Å². The summed E-state index contributed by atoms with van der Waals surface area (Å²) in [5, 5.41) is 10.2. The molecule has 0 unspecified atom stereocenters. The Hall–Kier alpha value is -4.98. The lowest BCUT2D eigenvalue weighted by Gasteiger charge is -2.23. The second-order valence-electron chi connectivity index (χ2n) is 44.3. The molecule has 0 saturated carbocycles. The van der Waals surface area contributed by atoms with Crippen LogP contribution in [0.4, 0.5) is 0 Å². The lowest BCUT2D eigenvalue weighted by molar-refractivity contribution is -0.0427. The Bertz CT molecular complexity index is 3200. The topological polar surface area (TPSA) is 149 Å². The Balaban J connectivity index is 1.43. The molecule has 15 heteroatoms. The number of benzene rings is 5. The van der Waals surface area contributed by atoms with E-state index in [9.17, 15) is 5.11 Å². The molecule has 856 valence electrons. The molecule has 5 aromatic rings. The Morgan fingerprint density at radius 2 is 0.268 bits per heavy atom. The first-order valence-electron chi connectivity index (χ1n) is 63.2. The van der Waals surface area contributed by atoms with E-state index >= 15 is 0 Å². The lowest BCUT2D eigenvalue weighted by Crippen LogP contribution is -2.29. The normalized spacial score (nSPS) is 11.9. The van der Waals surface area contributed by atoms with Gasteiger partial charge in [0, 0.05) is 88.4 Å². The van der Waals surface area contributed by atoms with Crippen LogP contribution in [0.15, 0.2) is 115 Å². The Kier molecular flexibility index (Phi) is 91.1. The van der Waals surface area contributed by atoms with Crippen LogP contribution in [0.5, 0.6) is 17.2 Å². The van der Waals surface area contributed by atoms with E-state index in [0.717, 1.165) is 160 Å². The number of phenols is 1. The highest BCUT2D eigenvalue weighted by Crippen LogP contribution is 2.37.